The smallest absolute Gasteiger partial charge is 0.280 e. The first-order valence-electron chi connectivity index (χ1n) is 7.38. The number of rotatable bonds is 3. The molecule has 0 aliphatic rings. The number of hydrogen-bond acceptors (Lipinski definition) is 3. The fraction of sp³-hybridized carbons (Fsp3) is 0.0556. The van der Waals surface area contributed by atoms with Crippen LogP contribution in [0.15, 0.2) is 63.9 Å². The number of nitrogens with one attached hydrogen (secondary N) is 1. The van der Waals surface area contributed by atoms with E-state index < -0.39 is 11.3 Å². The van der Waals surface area contributed by atoms with Gasteiger partial charge in [-0.3, -0.25) is 9.59 Å². The normalized spacial score (nSPS) is 10.5. The van der Waals surface area contributed by atoms with Crippen LogP contribution < -0.4 is 10.7 Å². The maximum atomic E-state index is 12.4. The van der Waals surface area contributed by atoms with Gasteiger partial charge in [-0.05, 0) is 55.5 Å². The lowest BCUT2D eigenvalue weighted by atomic mass is 10.2. The van der Waals surface area contributed by atoms with Crippen LogP contribution in [0.5, 0.6) is 0 Å². The summed E-state index contributed by atoms with van der Waals surface area (Å²) >= 11 is 9.23. The molecule has 2 aromatic carbocycles. The molecule has 5 nitrogen and oxygen atoms in total. The maximum absolute atomic E-state index is 12.4. The first kappa shape index (κ1) is 17.4. The Hall–Kier alpha value is -2.44. The Morgan fingerprint density at radius 3 is 2.40 bits per heavy atom. The predicted molar refractivity (Wildman–Crippen MR) is 102 cm³/mol. The monoisotopic (exact) mass is 417 g/mol. The summed E-state index contributed by atoms with van der Waals surface area (Å²) in [6, 6.07) is 15.4. The number of carbonyl (C=O) groups is 1. The van der Waals surface area contributed by atoms with Crippen molar-refractivity contribution in [2.75, 3.05) is 5.32 Å². The van der Waals surface area contributed by atoms with Crippen LogP contribution in [-0.2, 0) is 0 Å². The molecule has 0 saturated heterocycles. The lowest BCUT2D eigenvalue weighted by molar-refractivity contribution is 0.101. The van der Waals surface area contributed by atoms with Crippen LogP contribution in [0.25, 0.3) is 5.69 Å². The molecular weight excluding hydrogens is 406 g/mol. The van der Waals surface area contributed by atoms with E-state index in [-0.39, 0.29) is 5.69 Å². The molecule has 0 radical (unpaired) electrons. The molecule has 0 unspecified atom stereocenters. The molecule has 25 heavy (non-hydrogen) atoms. The van der Waals surface area contributed by atoms with Crippen LogP contribution in [0.3, 0.4) is 0 Å². The van der Waals surface area contributed by atoms with E-state index in [4.69, 9.17) is 11.6 Å². The van der Waals surface area contributed by atoms with E-state index in [9.17, 15) is 9.59 Å². The summed E-state index contributed by atoms with van der Waals surface area (Å²) in [4.78, 5) is 24.6. The molecule has 0 fully saturated rings. The van der Waals surface area contributed by atoms with Gasteiger partial charge in [0.05, 0.1) is 5.69 Å². The van der Waals surface area contributed by atoms with Crippen LogP contribution in [0.4, 0.5) is 5.69 Å². The third kappa shape index (κ3) is 3.97. The third-order valence-electron chi connectivity index (χ3n) is 3.50. The minimum Gasteiger partial charge on any atom is -0.320 e. The Morgan fingerprint density at radius 2 is 1.76 bits per heavy atom. The van der Waals surface area contributed by atoms with Gasteiger partial charge in [-0.1, -0.05) is 27.5 Å². The van der Waals surface area contributed by atoms with Gasteiger partial charge < -0.3 is 5.32 Å². The molecular formula is C18H13BrClN3O2. The van der Waals surface area contributed by atoms with E-state index in [0.717, 1.165) is 4.47 Å². The Balaban J connectivity index is 1.97. The zero-order valence-corrected chi connectivity index (χ0v) is 15.5. The summed E-state index contributed by atoms with van der Waals surface area (Å²) in [7, 11) is 0. The van der Waals surface area contributed by atoms with Crippen molar-refractivity contribution in [2.45, 2.75) is 6.92 Å². The van der Waals surface area contributed by atoms with E-state index in [2.05, 4.69) is 26.3 Å². The molecule has 0 saturated carbocycles. The van der Waals surface area contributed by atoms with Gasteiger partial charge in [0.1, 0.15) is 0 Å². The average Bonchev–Trinajstić information content (AvgIpc) is 2.58. The van der Waals surface area contributed by atoms with Gasteiger partial charge in [0.2, 0.25) is 5.43 Å². The van der Waals surface area contributed by atoms with Crippen molar-refractivity contribution in [3.05, 3.63) is 85.7 Å². The number of aryl methyl sites for hydroxylation is 1. The zero-order chi connectivity index (χ0) is 18.0. The van der Waals surface area contributed by atoms with Crippen LogP contribution in [0.1, 0.15) is 16.2 Å². The minimum absolute atomic E-state index is 0.177. The van der Waals surface area contributed by atoms with Crippen LogP contribution >= 0.6 is 27.5 Å². The highest BCUT2D eigenvalue weighted by Gasteiger charge is 2.15. The molecule has 0 atom stereocenters. The number of nitrogens with zero attached hydrogens (tertiary/aromatic N) is 2. The van der Waals surface area contributed by atoms with Gasteiger partial charge in [-0.15, -0.1) is 0 Å². The second-order valence-electron chi connectivity index (χ2n) is 5.35. The summed E-state index contributed by atoms with van der Waals surface area (Å²) < 4.78 is 2.43. The van der Waals surface area contributed by atoms with Gasteiger partial charge in [0.15, 0.2) is 5.69 Å². The molecule has 1 N–H and O–H groups in total. The first-order valence-corrected chi connectivity index (χ1v) is 8.55. The van der Waals surface area contributed by atoms with E-state index in [1.54, 1.807) is 55.5 Å². The second-order valence-corrected chi connectivity index (χ2v) is 6.70. The number of halogens is 2. The Kier molecular flexibility index (Phi) is 5.01. The number of carbonyl (C=O) groups excluding carboxylic acids is 1. The SMILES string of the molecule is Cc1cc(=O)c(C(=O)Nc2ccc(Br)cc2)nn1-c1ccc(Cl)cc1. The summed E-state index contributed by atoms with van der Waals surface area (Å²) in [5, 5.41) is 7.50. The predicted octanol–water partition coefficient (Wildman–Crippen LogP) is 4.21. The van der Waals surface area contributed by atoms with Crippen LogP contribution in [0.2, 0.25) is 5.02 Å². The summed E-state index contributed by atoms with van der Waals surface area (Å²) in [6.45, 7) is 1.75. The van der Waals surface area contributed by atoms with Crippen LogP contribution in [-0.4, -0.2) is 15.7 Å². The average molecular weight is 419 g/mol. The number of hydrogen-bond donors (Lipinski definition) is 1. The number of amides is 1. The fourth-order valence-electron chi connectivity index (χ4n) is 2.27. The Bertz CT molecular complexity index is 983. The highest BCUT2D eigenvalue weighted by atomic mass is 79.9. The van der Waals surface area contributed by atoms with Crippen LogP contribution in [0, 0.1) is 6.92 Å². The second kappa shape index (κ2) is 7.21. The standard InChI is InChI=1S/C18H13BrClN3O2/c1-11-10-16(24)17(18(25)21-14-6-2-12(19)3-7-14)22-23(11)15-8-4-13(20)5-9-15/h2-10H,1H3,(H,21,25). The summed E-state index contributed by atoms with van der Waals surface area (Å²) in [5.41, 5.74) is 1.29. The summed E-state index contributed by atoms with van der Waals surface area (Å²) in [5.74, 6) is -0.560. The minimum atomic E-state index is -0.560. The number of benzene rings is 2. The van der Waals surface area contributed by atoms with Crippen molar-refractivity contribution < 1.29 is 4.79 Å². The quantitative estimate of drug-likeness (QED) is 0.693. The topological polar surface area (TPSA) is 64.0 Å². The van der Waals surface area contributed by atoms with Gasteiger partial charge in [-0.2, -0.15) is 5.10 Å². The molecule has 3 aromatic rings. The fourth-order valence-corrected chi connectivity index (χ4v) is 2.66. The molecule has 1 amide bonds. The molecule has 0 aliphatic carbocycles. The molecule has 0 aliphatic heterocycles. The summed E-state index contributed by atoms with van der Waals surface area (Å²) in [6.07, 6.45) is 0. The highest BCUT2D eigenvalue weighted by Crippen LogP contribution is 2.16. The lowest BCUT2D eigenvalue weighted by Gasteiger charge is -2.11. The van der Waals surface area contributed by atoms with Crippen molar-refractivity contribution >= 4 is 39.1 Å². The van der Waals surface area contributed by atoms with E-state index in [1.807, 2.05) is 0 Å². The van der Waals surface area contributed by atoms with Gasteiger partial charge in [-0.25, -0.2) is 4.68 Å². The molecule has 1 aromatic heterocycles. The third-order valence-corrected chi connectivity index (χ3v) is 4.28. The molecule has 0 spiro atoms. The van der Waals surface area contributed by atoms with E-state index in [1.165, 1.54) is 10.7 Å². The number of anilines is 1. The molecule has 1 heterocycles. The maximum Gasteiger partial charge on any atom is 0.280 e. The molecule has 7 heteroatoms. The largest absolute Gasteiger partial charge is 0.320 e. The van der Waals surface area contributed by atoms with Crippen molar-refractivity contribution in [3.63, 3.8) is 0 Å². The molecule has 3 rings (SSSR count). The van der Waals surface area contributed by atoms with Gasteiger partial charge >= 0.3 is 0 Å². The zero-order valence-electron chi connectivity index (χ0n) is 13.2. The Labute approximate surface area is 157 Å². The van der Waals surface area contributed by atoms with Crippen molar-refractivity contribution in [1.82, 2.24) is 9.78 Å². The molecule has 126 valence electrons. The van der Waals surface area contributed by atoms with E-state index >= 15 is 0 Å². The van der Waals surface area contributed by atoms with Crippen molar-refractivity contribution in [3.8, 4) is 5.69 Å². The molecule has 0 bridgehead atoms. The van der Waals surface area contributed by atoms with Gasteiger partial charge in [0.25, 0.3) is 5.91 Å². The highest BCUT2D eigenvalue weighted by molar-refractivity contribution is 9.10. The van der Waals surface area contributed by atoms with Gasteiger partial charge in [0, 0.05) is 26.9 Å². The van der Waals surface area contributed by atoms with Crippen molar-refractivity contribution in [2.24, 2.45) is 0 Å². The van der Waals surface area contributed by atoms with Crippen molar-refractivity contribution in [1.29, 1.82) is 0 Å². The Morgan fingerprint density at radius 1 is 1.12 bits per heavy atom. The first-order chi connectivity index (χ1) is 11.9. The van der Waals surface area contributed by atoms with E-state index in [0.29, 0.717) is 22.1 Å². The lowest BCUT2D eigenvalue weighted by Crippen LogP contribution is -2.26. The number of aromatic nitrogens is 2.